The molecular formula is C75H152BCl4KN20O25P14PdS2. The van der Waals surface area contributed by atoms with Crippen molar-refractivity contribution in [3.8, 4) is 0 Å². The van der Waals surface area contributed by atoms with Crippen molar-refractivity contribution in [1.82, 2.24) is 94.5 Å². The van der Waals surface area contributed by atoms with E-state index in [1.165, 1.54) is 50.0 Å². The third-order valence-corrected chi connectivity index (χ3v) is 36.8. The summed E-state index contributed by atoms with van der Waals surface area (Å²) in [7, 11) is 24.7. The van der Waals surface area contributed by atoms with Gasteiger partial charge in [-0.25, -0.2) is 18.7 Å². The van der Waals surface area contributed by atoms with Crippen molar-refractivity contribution in [3.05, 3.63) is 0 Å². The maximum atomic E-state index is 12.6. The van der Waals surface area contributed by atoms with Crippen LogP contribution in [-0.4, -0.2) is 376 Å². The van der Waals surface area contributed by atoms with E-state index in [4.69, 9.17) is 32.5 Å². The number of urea groups is 1. The van der Waals surface area contributed by atoms with Gasteiger partial charge in [0.1, 0.15) is 30.2 Å². The van der Waals surface area contributed by atoms with Crippen LogP contribution >= 0.6 is 166 Å². The summed E-state index contributed by atoms with van der Waals surface area (Å²) in [6.07, 6.45) is 18.7. The molecule has 12 rings (SSSR count). The third kappa shape index (κ3) is 53.3. The van der Waals surface area contributed by atoms with Crippen LogP contribution in [0.15, 0.2) is 0 Å². The van der Waals surface area contributed by atoms with Crippen LogP contribution < -0.4 is 99.9 Å². The molecule has 0 aromatic rings. The first kappa shape index (κ1) is 149. The molecule has 12 aliphatic heterocycles. The average molecular weight is 2530 g/mol. The van der Waals surface area contributed by atoms with E-state index in [1.807, 2.05) is 44.0 Å². The molecule has 68 heteroatoms. The molecule has 12 fully saturated rings. The Balaban J connectivity index is -0.00000153. The van der Waals surface area contributed by atoms with Gasteiger partial charge in [-0.2, -0.15) is 21.6 Å². The summed E-state index contributed by atoms with van der Waals surface area (Å²) in [6, 6.07) is -3.20. The number of hydrogen-bond acceptors (Lipinski definition) is 36. The second-order valence-electron chi connectivity index (χ2n) is 32.6. The molecular weight excluding hydrogens is 2380 g/mol. The summed E-state index contributed by atoms with van der Waals surface area (Å²) in [6.45, 7) is 24.1. The quantitative estimate of drug-likeness (QED) is 0.0175. The number of nitrogens with zero attached hydrogens (tertiary/aromatic N) is 11. The molecule has 0 aromatic heterocycles. The number of imide groups is 2. The number of Topliss-reactive ketones (excluding diaryl/α,β-unsaturated/α-hetero) is 3. The van der Waals surface area contributed by atoms with Crippen molar-refractivity contribution in [2.75, 3.05) is 119 Å². The molecule has 143 heavy (non-hydrogen) atoms. The van der Waals surface area contributed by atoms with Gasteiger partial charge in [-0.1, -0.05) is 104 Å². The Labute approximate surface area is 944 Å². The fraction of sp³-hybridized carbons (Fsp3) is 0.800. The maximum absolute atomic E-state index is 12.6. The van der Waals surface area contributed by atoms with E-state index in [2.05, 4.69) is 183 Å². The Hall–Kier alpha value is 1.69. The number of amides is 10. The van der Waals surface area contributed by atoms with Crippen LogP contribution in [-0.2, 0) is 113 Å². The van der Waals surface area contributed by atoms with Crippen LogP contribution in [0.1, 0.15) is 183 Å². The molecule has 826 valence electrons. The number of fused-ring (bicyclic) bond motifs is 4. The molecule has 10 amide bonds. The summed E-state index contributed by atoms with van der Waals surface area (Å²) in [5.74, 6) is -1.24. The van der Waals surface area contributed by atoms with Crippen molar-refractivity contribution in [3.63, 3.8) is 0 Å². The molecule has 12 heterocycles. The van der Waals surface area contributed by atoms with Crippen LogP contribution in [0.5, 0.6) is 0 Å². The zero-order chi connectivity index (χ0) is 106. The summed E-state index contributed by atoms with van der Waals surface area (Å²) in [5.41, 5.74) is 6.01. The second kappa shape index (κ2) is 83.1. The van der Waals surface area contributed by atoms with Crippen molar-refractivity contribution in [2.24, 2.45) is 5.73 Å². The number of carbonyl (C=O) groups excluding carboxylic acids is 15. The Morgan fingerprint density at radius 2 is 0.881 bits per heavy atom. The summed E-state index contributed by atoms with van der Waals surface area (Å²) in [4.78, 5) is 179. The molecule has 0 spiro atoms. The number of rotatable bonds is 23. The number of ketones is 3. The first-order valence-electron chi connectivity index (χ1n) is 45.9. The molecule has 27 atom stereocenters. The van der Waals surface area contributed by atoms with E-state index < -0.39 is 60.4 Å². The summed E-state index contributed by atoms with van der Waals surface area (Å²) < 4.78 is 76.8. The van der Waals surface area contributed by atoms with E-state index in [1.54, 1.807) is 4.90 Å². The monoisotopic (exact) mass is 2530 g/mol. The van der Waals surface area contributed by atoms with E-state index in [-0.39, 0.29) is 207 Å². The minimum atomic E-state index is -3.72. The van der Waals surface area contributed by atoms with Gasteiger partial charge in [0.25, 0.3) is 5.91 Å². The predicted octanol–water partition coefficient (Wildman–Crippen LogP) is 2.52. The molecule has 15 N–H and O–H groups in total. The SMILES string of the molecule is CB(O)O.CCCN1C(=O)C2C(CCCN2PP)NS1(=O)=O.CCCN1C(=O)CNC2CCCN(PP)C2C1=O.CCCN1C(=O)NC2CCCN(PP)C2C1=O.CCCN1CC(=O)NC2CCCN(PP)C2C1=O.CCCNC(=O)C1C(=O)CCCN1PP.CCCNC(=O)C1C(N)CCCN1PP.COC(=O)C1C(=O)CCCN1PP.COC(=O)C1NCCCC1=O.N.O=C(Cl)Cl.O=S(=O)(Cl)Cl.[K+].[OH-].[O]=[Pd]. The molecule has 12 aliphatic rings. The fourth-order valence-electron chi connectivity index (χ4n) is 16.5. The van der Waals surface area contributed by atoms with Gasteiger partial charge in [0.2, 0.25) is 41.4 Å². The molecule has 0 aliphatic carbocycles. The van der Waals surface area contributed by atoms with Crippen molar-refractivity contribution < 1.29 is 188 Å². The number of carbonyl (C=O) groups is 15. The molecule has 0 aromatic carbocycles. The van der Waals surface area contributed by atoms with Crippen LogP contribution in [0.25, 0.3) is 0 Å². The Morgan fingerprint density at radius 1 is 0.510 bits per heavy atom. The molecule has 45 nitrogen and oxygen atoms in total. The van der Waals surface area contributed by atoms with Crippen molar-refractivity contribution >= 4 is 279 Å². The van der Waals surface area contributed by atoms with Gasteiger partial charge in [-0.3, -0.25) is 105 Å². The summed E-state index contributed by atoms with van der Waals surface area (Å²) >= 11 is 10.3. The average Bonchev–Trinajstić information content (AvgIpc) is 1.39. The van der Waals surface area contributed by atoms with Crippen LogP contribution in [0.2, 0.25) is 6.82 Å². The van der Waals surface area contributed by atoms with Crippen LogP contribution in [0.4, 0.5) is 9.59 Å². The number of methoxy groups -OCH3 is 2. The summed E-state index contributed by atoms with van der Waals surface area (Å²) in [5, 5.41) is 33.0. The number of halogens is 4. The van der Waals surface area contributed by atoms with Gasteiger partial charge >= 0.3 is 122 Å². The van der Waals surface area contributed by atoms with Gasteiger partial charge < -0.3 is 68.4 Å². The van der Waals surface area contributed by atoms with Crippen molar-refractivity contribution in [1.29, 1.82) is 0 Å². The van der Waals surface area contributed by atoms with Crippen molar-refractivity contribution in [2.45, 2.75) is 268 Å². The molecule has 0 radical (unpaired) electrons. The molecule has 12 saturated heterocycles. The number of nitrogens with one attached hydrogen (secondary N) is 7. The molecule has 27 unspecified atom stereocenters. The minimum absolute atomic E-state index is 0. The Morgan fingerprint density at radius 3 is 1.32 bits per heavy atom. The van der Waals surface area contributed by atoms with Gasteiger partial charge in [0, 0.05) is 144 Å². The number of nitrogens with two attached hydrogens (primary N) is 1. The van der Waals surface area contributed by atoms with Crippen LogP contribution in [0.3, 0.4) is 0 Å². The van der Waals surface area contributed by atoms with Crippen LogP contribution in [0, 0.1) is 0 Å². The number of esters is 2. The van der Waals surface area contributed by atoms with E-state index >= 15 is 0 Å². The van der Waals surface area contributed by atoms with Gasteiger partial charge in [-0.15, -0.1) is 0 Å². The van der Waals surface area contributed by atoms with E-state index in [0.29, 0.717) is 124 Å². The topological polar surface area (TPSA) is 611 Å². The number of piperidine rings is 8. The molecule has 0 saturated carbocycles. The molecule has 0 bridgehead atoms. The zero-order valence-electron chi connectivity index (χ0n) is 82.7. The first-order valence-corrected chi connectivity index (χ1v) is 71.1. The zero-order valence-corrected chi connectivity index (χ0v) is 107. The van der Waals surface area contributed by atoms with E-state index in [0.717, 1.165) is 172 Å². The normalized spacial score (nSPS) is 26.0. The number of hydrogen-bond donors (Lipinski definition) is 11. The fourth-order valence-corrected chi connectivity index (χ4v) is 29.1. The van der Waals surface area contributed by atoms with Gasteiger partial charge in [0.05, 0.1) is 39.4 Å². The van der Waals surface area contributed by atoms with Gasteiger partial charge in [-0.05, 0) is 218 Å². The standard InChI is InChI=1S/2C11H21N3O2P2.C10H19N3O2P2.C9H19N3O3P2S.C9H21N3OP2.C9H18N2O2P2.C7H13NO3P2.C7H11NO3.CH5BO2.CCl2O.Cl2O2S.K.H3N.H2O.O.Pd/c1-2-5-13-7-9(15)12-8-4-3-6-14(18-17)10(8)11(13)16;1-2-5-13-9(15)7-12-8-4-3-6-14(18-17)10(8)11(13)16;1-2-5-12-9(14)8-7(11-10(12)15)4-3-6-13(8)17-16;1-2-5-12-9(13)8-7(10-18(12,14)15)4-3-6-11(8)17-16;1-2-5-11-9(13)8-7(10)4-3-6-12(8)15-14;1-2-5-10-9(13)8-7(12)4-3-6-11(8)15-14;1-11-7(10)6-5(9)3-2-4-8(6)13-12;1-11-7(10)6-5(9)3-2-4-8-6;1-2(3)4;2-1(3)4;1-5(2,3)4;;;;;/h8,10,18H,2-7,17H2,1H3,(H,12,15);8,10,12,18H,2-7,17H2,1H3;7-8,17H,2-6,16H2,1H3,(H,11,15);7-8,10,17H,2-6,16H2,1H3;7-8,15H,2-6,10,14H2,1H3,(H,11,13);8,15H,2-6,14H2,1H3,(H,10,13);6,13H,2-4,12H2,1H3;6,8H,2-4H2,1H3;3-4H,1H3;;;;1H3;1H2;;/q;;;;;;;;;;;+1;;;;/p-1. The Kier molecular flexibility index (Phi) is 86.4. The third-order valence-electron chi connectivity index (χ3n) is 22.5. The number of ether oxygens (including phenoxy) is 2. The predicted molar refractivity (Wildman–Crippen MR) is 590 cm³/mol. The van der Waals surface area contributed by atoms with E-state index in [9.17, 15) is 75.5 Å². The van der Waals surface area contributed by atoms with Gasteiger partial charge in [0.15, 0.2) is 35.5 Å². The Bertz CT molecular complexity index is 4120. The first-order chi connectivity index (χ1) is 66.4. The second-order valence-corrected chi connectivity index (χ2v) is 50.0.